The molecule has 3 fully saturated rings. The molecule has 0 radical (unpaired) electrons. The van der Waals surface area contributed by atoms with Crippen molar-refractivity contribution in [2.24, 2.45) is 0 Å². The monoisotopic (exact) mass is 432 g/mol. The van der Waals surface area contributed by atoms with Crippen molar-refractivity contribution in [3.05, 3.63) is 23.0 Å². The zero-order valence-electron chi connectivity index (χ0n) is 19.4. The number of aromatic nitrogens is 1. The number of rotatable bonds is 5. The van der Waals surface area contributed by atoms with Gasteiger partial charge >= 0.3 is 6.03 Å². The summed E-state index contributed by atoms with van der Waals surface area (Å²) in [5.41, 5.74) is 2.76. The van der Waals surface area contributed by atoms with Crippen LogP contribution in [0.5, 0.6) is 0 Å². The number of hydrogen-bond donors (Lipinski definition) is 0. The molecule has 8 nitrogen and oxygen atoms in total. The molecule has 1 aromatic rings. The number of carbonyl (C=O) groups excluding carboxylic acids is 2. The number of amides is 3. The number of aryl methyl sites for hydroxylation is 1. The van der Waals surface area contributed by atoms with Crippen molar-refractivity contribution in [3.63, 3.8) is 0 Å². The van der Waals surface area contributed by atoms with Gasteiger partial charge in [-0.2, -0.15) is 0 Å². The Bertz CT molecular complexity index is 822. The Hall–Kier alpha value is -2.06. The van der Waals surface area contributed by atoms with E-state index in [9.17, 15) is 9.59 Å². The molecular formula is C23H36N4O4. The van der Waals surface area contributed by atoms with Crippen molar-refractivity contribution < 1.29 is 19.1 Å². The molecule has 3 aliphatic heterocycles. The van der Waals surface area contributed by atoms with Gasteiger partial charge in [-0.3, -0.25) is 4.79 Å². The van der Waals surface area contributed by atoms with Crippen molar-refractivity contribution >= 4 is 11.9 Å². The number of hydrogen-bond acceptors (Lipinski definition) is 4. The second-order valence-electron chi connectivity index (χ2n) is 9.30. The summed E-state index contributed by atoms with van der Waals surface area (Å²) < 4.78 is 12.9. The molecule has 0 N–H and O–H groups in total. The van der Waals surface area contributed by atoms with Gasteiger partial charge in [0.25, 0.3) is 5.91 Å². The van der Waals surface area contributed by atoms with Gasteiger partial charge in [-0.1, -0.05) is 0 Å². The molecule has 3 aliphatic rings. The van der Waals surface area contributed by atoms with Gasteiger partial charge in [-0.15, -0.1) is 0 Å². The minimum absolute atomic E-state index is 0.0980. The number of likely N-dealkylation sites (N-methyl/N-ethyl adjacent to an activating group) is 1. The maximum absolute atomic E-state index is 13.3. The molecule has 0 bridgehead atoms. The molecule has 4 rings (SSSR count). The van der Waals surface area contributed by atoms with Crippen LogP contribution in [0.15, 0.2) is 6.07 Å². The summed E-state index contributed by atoms with van der Waals surface area (Å²) >= 11 is 0. The highest BCUT2D eigenvalue weighted by Gasteiger charge is 2.52. The van der Waals surface area contributed by atoms with Crippen LogP contribution in [-0.2, 0) is 16.0 Å². The summed E-state index contributed by atoms with van der Waals surface area (Å²) in [5.74, 6) is 0.0980. The lowest BCUT2D eigenvalue weighted by Gasteiger charge is -2.46. The zero-order valence-corrected chi connectivity index (χ0v) is 19.4. The molecule has 0 atom stereocenters. The molecule has 3 saturated heterocycles. The number of likely N-dealkylation sites (tertiary alicyclic amines) is 1. The molecule has 0 saturated carbocycles. The van der Waals surface area contributed by atoms with Crippen LogP contribution < -0.4 is 0 Å². The summed E-state index contributed by atoms with van der Waals surface area (Å²) in [7, 11) is 3.59. The Labute approximate surface area is 185 Å². The molecule has 31 heavy (non-hydrogen) atoms. The number of methoxy groups -OCH3 is 1. The maximum Gasteiger partial charge on any atom is 0.320 e. The third kappa shape index (κ3) is 3.96. The first-order valence-corrected chi connectivity index (χ1v) is 11.4. The molecular weight excluding hydrogens is 396 g/mol. The molecule has 1 aromatic heterocycles. The topological polar surface area (TPSA) is 67.2 Å². The minimum atomic E-state index is -0.104. The van der Waals surface area contributed by atoms with E-state index in [1.54, 1.807) is 7.11 Å². The van der Waals surface area contributed by atoms with Crippen molar-refractivity contribution in [3.8, 4) is 0 Å². The van der Waals surface area contributed by atoms with Gasteiger partial charge in [-0.05, 0) is 45.6 Å². The van der Waals surface area contributed by atoms with E-state index in [1.807, 2.05) is 36.8 Å². The van der Waals surface area contributed by atoms with E-state index >= 15 is 0 Å². The third-order valence-corrected chi connectivity index (χ3v) is 7.44. The zero-order chi connectivity index (χ0) is 22.2. The first kappa shape index (κ1) is 22.1. The number of carbonyl (C=O) groups is 2. The summed E-state index contributed by atoms with van der Waals surface area (Å²) in [5, 5.41) is 0. The van der Waals surface area contributed by atoms with Crippen LogP contribution in [0.2, 0.25) is 0 Å². The number of urea groups is 1. The SMILES string of the molecule is COCCn1c(C)cc(C(=O)N2CCC(N3C(=O)N(C)CC34CCOCC4)CC2)c1C. The van der Waals surface area contributed by atoms with Crippen molar-refractivity contribution in [1.29, 1.82) is 0 Å². The van der Waals surface area contributed by atoms with Crippen LogP contribution in [0.25, 0.3) is 0 Å². The fourth-order valence-corrected chi connectivity index (χ4v) is 5.71. The lowest BCUT2D eigenvalue weighted by Crippen LogP contribution is -2.57. The molecule has 3 amide bonds. The van der Waals surface area contributed by atoms with Crippen molar-refractivity contribution in [2.45, 2.75) is 57.7 Å². The summed E-state index contributed by atoms with van der Waals surface area (Å²) in [4.78, 5) is 32.2. The Morgan fingerprint density at radius 2 is 1.90 bits per heavy atom. The van der Waals surface area contributed by atoms with Gasteiger partial charge in [0, 0.05) is 71.0 Å². The van der Waals surface area contributed by atoms with E-state index in [0.717, 1.165) is 55.7 Å². The maximum atomic E-state index is 13.3. The molecule has 0 aromatic carbocycles. The lowest BCUT2D eigenvalue weighted by molar-refractivity contribution is -0.0151. The fraction of sp³-hybridized carbons (Fsp3) is 0.739. The Balaban J connectivity index is 1.44. The summed E-state index contributed by atoms with van der Waals surface area (Å²) in [6.45, 7) is 9.00. The average Bonchev–Trinajstić information content (AvgIpc) is 3.18. The quantitative estimate of drug-likeness (QED) is 0.716. The minimum Gasteiger partial charge on any atom is -0.383 e. The van der Waals surface area contributed by atoms with Crippen LogP contribution in [-0.4, -0.2) is 96.4 Å². The van der Waals surface area contributed by atoms with Crippen LogP contribution in [0.1, 0.15) is 47.4 Å². The highest BCUT2D eigenvalue weighted by Crippen LogP contribution is 2.38. The second kappa shape index (κ2) is 8.82. The van der Waals surface area contributed by atoms with Gasteiger partial charge in [0.05, 0.1) is 17.7 Å². The lowest BCUT2D eigenvalue weighted by atomic mass is 9.86. The molecule has 0 aliphatic carbocycles. The Morgan fingerprint density at radius 3 is 2.55 bits per heavy atom. The molecule has 0 unspecified atom stereocenters. The smallest absolute Gasteiger partial charge is 0.320 e. The predicted octanol–water partition coefficient (Wildman–Crippen LogP) is 2.27. The van der Waals surface area contributed by atoms with E-state index in [0.29, 0.717) is 32.9 Å². The van der Waals surface area contributed by atoms with Gasteiger partial charge in [0.1, 0.15) is 0 Å². The normalized spacial score (nSPS) is 22.1. The van der Waals surface area contributed by atoms with E-state index in [-0.39, 0.29) is 23.5 Å². The largest absolute Gasteiger partial charge is 0.383 e. The molecule has 1 spiro atoms. The summed E-state index contributed by atoms with van der Waals surface area (Å²) in [6, 6.07) is 2.32. The first-order chi connectivity index (χ1) is 14.9. The van der Waals surface area contributed by atoms with Gasteiger partial charge in [0.15, 0.2) is 0 Å². The predicted molar refractivity (Wildman–Crippen MR) is 117 cm³/mol. The third-order valence-electron chi connectivity index (χ3n) is 7.44. The second-order valence-corrected chi connectivity index (χ2v) is 9.30. The van der Waals surface area contributed by atoms with E-state index < -0.39 is 0 Å². The fourth-order valence-electron chi connectivity index (χ4n) is 5.71. The Kier molecular flexibility index (Phi) is 6.30. The Morgan fingerprint density at radius 1 is 1.23 bits per heavy atom. The van der Waals surface area contributed by atoms with Gasteiger partial charge in [0.2, 0.25) is 0 Å². The van der Waals surface area contributed by atoms with Crippen molar-refractivity contribution in [1.82, 2.24) is 19.3 Å². The van der Waals surface area contributed by atoms with Crippen LogP contribution in [0, 0.1) is 13.8 Å². The number of nitrogens with zero attached hydrogens (tertiary/aromatic N) is 4. The van der Waals surface area contributed by atoms with Crippen LogP contribution in [0.4, 0.5) is 4.79 Å². The van der Waals surface area contributed by atoms with Crippen LogP contribution in [0.3, 0.4) is 0 Å². The first-order valence-electron chi connectivity index (χ1n) is 11.4. The highest BCUT2D eigenvalue weighted by atomic mass is 16.5. The molecule has 172 valence electrons. The standard InChI is InChI=1S/C23H36N4O4/c1-17-15-20(18(2)26(17)11-14-30-4)21(28)25-9-5-19(6-10-25)27-22(29)24(3)16-23(27)7-12-31-13-8-23/h15,19H,5-14,16H2,1-4H3. The van der Waals surface area contributed by atoms with Gasteiger partial charge < -0.3 is 28.7 Å². The van der Waals surface area contributed by atoms with Gasteiger partial charge in [-0.25, -0.2) is 4.79 Å². The van der Waals surface area contributed by atoms with Crippen molar-refractivity contribution in [2.75, 3.05) is 53.6 Å². The van der Waals surface area contributed by atoms with E-state index in [1.165, 1.54) is 0 Å². The van der Waals surface area contributed by atoms with E-state index in [4.69, 9.17) is 9.47 Å². The van der Waals surface area contributed by atoms with E-state index in [2.05, 4.69) is 9.47 Å². The number of ether oxygens (including phenoxy) is 2. The highest BCUT2D eigenvalue weighted by molar-refractivity contribution is 5.95. The average molecular weight is 433 g/mol. The summed E-state index contributed by atoms with van der Waals surface area (Å²) in [6.07, 6.45) is 3.46. The molecule has 8 heteroatoms. The van der Waals surface area contributed by atoms with Crippen LogP contribution >= 0.6 is 0 Å². The number of piperidine rings is 1. The molecule has 4 heterocycles.